The topological polar surface area (TPSA) is 68.9 Å². The summed E-state index contributed by atoms with van der Waals surface area (Å²) in [6.07, 6.45) is 5.63. The van der Waals surface area contributed by atoms with Crippen LogP contribution in [0, 0.1) is 5.82 Å². The molecule has 0 spiro atoms. The van der Waals surface area contributed by atoms with E-state index in [1.54, 1.807) is 12.1 Å². The van der Waals surface area contributed by atoms with Gasteiger partial charge in [0.1, 0.15) is 11.6 Å². The Balaban J connectivity index is 1.80. The average Bonchev–Trinajstić information content (AvgIpc) is 3.30. The van der Waals surface area contributed by atoms with E-state index < -0.39 is 5.82 Å². The number of Topliss-reactive ketones (excluding diaryl/α,β-unsaturated/α-hetero) is 1. The van der Waals surface area contributed by atoms with Gasteiger partial charge >= 0.3 is 0 Å². The van der Waals surface area contributed by atoms with Gasteiger partial charge in [0.25, 0.3) is 0 Å². The lowest BCUT2D eigenvalue weighted by Gasteiger charge is -2.15. The van der Waals surface area contributed by atoms with Gasteiger partial charge in [0, 0.05) is 24.2 Å². The second-order valence-electron chi connectivity index (χ2n) is 5.60. The van der Waals surface area contributed by atoms with Crippen molar-refractivity contribution in [2.75, 3.05) is 6.54 Å². The van der Waals surface area contributed by atoms with Crippen molar-refractivity contribution < 1.29 is 9.18 Å². The van der Waals surface area contributed by atoms with Crippen LogP contribution in [0.4, 0.5) is 4.39 Å². The Morgan fingerprint density at radius 1 is 1.32 bits per heavy atom. The third-order valence-corrected chi connectivity index (χ3v) is 4.38. The lowest BCUT2D eigenvalue weighted by Crippen LogP contribution is -2.16. The number of hydrogen-bond donors (Lipinski definition) is 1. The summed E-state index contributed by atoms with van der Waals surface area (Å²) in [7, 11) is 0. The highest BCUT2D eigenvalue weighted by Crippen LogP contribution is 2.50. The summed E-state index contributed by atoms with van der Waals surface area (Å²) in [5.41, 5.74) is 6.66. The van der Waals surface area contributed by atoms with Crippen LogP contribution >= 0.6 is 11.6 Å². The average molecular weight is 320 g/mol. The number of halogens is 2. The maximum absolute atomic E-state index is 13.3. The maximum atomic E-state index is 13.3. The molecule has 1 aromatic carbocycles. The van der Waals surface area contributed by atoms with E-state index in [4.69, 9.17) is 17.3 Å². The normalized spacial score (nSPS) is 15.6. The zero-order chi connectivity index (χ0) is 15.7. The van der Waals surface area contributed by atoms with Crippen molar-refractivity contribution in [1.82, 2.24) is 9.97 Å². The van der Waals surface area contributed by atoms with Gasteiger partial charge in [0.05, 0.1) is 17.1 Å². The van der Waals surface area contributed by atoms with E-state index in [0.717, 1.165) is 18.4 Å². The summed E-state index contributed by atoms with van der Waals surface area (Å²) < 4.78 is 13.3. The van der Waals surface area contributed by atoms with Crippen molar-refractivity contribution in [1.29, 1.82) is 0 Å². The standard InChI is InChI=1S/C16H15ClFN3O/c17-12-5-11(1-2-13(12)18)16(3-4-16)6-15-20-8-10(9-21-15)14(22)7-19/h1-2,5,8-9H,3-4,6-7,19H2. The van der Waals surface area contributed by atoms with E-state index in [2.05, 4.69) is 9.97 Å². The van der Waals surface area contributed by atoms with Gasteiger partial charge in [-0.3, -0.25) is 4.79 Å². The largest absolute Gasteiger partial charge is 0.324 e. The minimum Gasteiger partial charge on any atom is -0.324 e. The molecule has 0 radical (unpaired) electrons. The zero-order valence-electron chi connectivity index (χ0n) is 11.9. The van der Waals surface area contributed by atoms with Crippen molar-refractivity contribution in [3.05, 3.63) is 58.4 Å². The molecule has 0 atom stereocenters. The first-order chi connectivity index (χ1) is 10.5. The highest BCUT2D eigenvalue weighted by atomic mass is 35.5. The summed E-state index contributed by atoms with van der Waals surface area (Å²) in [5, 5.41) is 0.133. The van der Waals surface area contributed by atoms with Crippen LogP contribution in [0.5, 0.6) is 0 Å². The summed E-state index contributed by atoms with van der Waals surface area (Å²) in [4.78, 5) is 19.9. The molecule has 1 aliphatic rings. The van der Waals surface area contributed by atoms with Crippen LogP contribution in [-0.2, 0) is 11.8 Å². The molecular weight excluding hydrogens is 305 g/mol. The van der Waals surface area contributed by atoms with Gasteiger partial charge in [0.15, 0.2) is 5.78 Å². The molecule has 0 saturated heterocycles. The number of carbonyl (C=O) groups is 1. The quantitative estimate of drug-likeness (QED) is 0.860. The van der Waals surface area contributed by atoms with Crippen LogP contribution in [0.2, 0.25) is 5.02 Å². The number of ketones is 1. The lowest BCUT2D eigenvalue weighted by molar-refractivity contribution is 0.100. The summed E-state index contributed by atoms with van der Waals surface area (Å²) in [6, 6.07) is 4.83. The number of hydrogen-bond acceptors (Lipinski definition) is 4. The molecule has 22 heavy (non-hydrogen) atoms. The van der Waals surface area contributed by atoms with Gasteiger partial charge in [-0.25, -0.2) is 14.4 Å². The smallest absolute Gasteiger partial charge is 0.179 e. The van der Waals surface area contributed by atoms with Gasteiger partial charge < -0.3 is 5.73 Å². The fourth-order valence-electron chi connectivity index (χ4n) is 2.55. The summed E-state index contributed by atoms with van der Waals surface area (Å²) >= 11 is 5.87. The molecule has 1 saturated carbocycles. The molecule has 2 N–H and O–H groups in total. The Labute approximate surface area is 132 Å². The van der Waals surface area contributed by atoms with E-state index in [0.29, 0.717) is 17.8 Å². The number of nitrogens with two attached hydrogens (primary N) is 1. The van der Waals surface area contributed by atoms with Crippen LogP contribution in [0.1, 0.15) is 34.6 Å². The maximum Gasteiger partial charge on any atom is 0.179 e. The Morgan fingerprint density at radius 3 is 2.55 bits per heavy atom. The number of benzene rings is 1. The molecule has 114 valence electrons. The fraction of sp³-hybridized carbons (Fsp3) is 0.312. The molecule has 1 fully saturated rings. The number of aromatic nitrogens is 2. The summed E-state index contributed by atoms with van der Waals surface area (Å²) in [5.74, 6) is 0.0617. The molecular formula is C16H15ClFN3O. The minimum absolute atomic E-state index is 0.0548. The van der Waals surface area contributed by atoms with Gasteiger partial charge in [-0.05, 0) is 30.5 Å². The van der Waals surface area contributed by atoms with Gasteiger partial charge in [-0.2, -0.15) is 0 Å². The van der Waals surface area contributed by atoms with Gasteiger partial charge in [-0.15, -0.1) is 0 Å². The number of carbonyl (C=O) groups excluding carboxylic acids is 1. The molecule has 1 heterocycles. The second-order valence-corrected chi connectivity index (χ2v) is 6.01. The van der Waals surface area contributed by atoms with Crippen LogP contribution in [0.25, 0.3) is 0 Å². The molecule has 6 heteroatoms. The number of nitrogens with zero attached hydrogens (tertiary/aromatic N) is 2. The summed E-state index contributed by atoms with van der Waals surface area (Å²) in [6.45, 7) is -0.0548. The molecule has 0 aliphatic heterocycles. The Bertz CT molecular complexity index is 714. The molecule has 2 aromatic rings. The van der Waals surface area contributed by atoms with Crippen molar-refractivity contribution in [2.24, 2.45) is 5.73 Å². The predicted molar refractivity (Wildman–Crippen MR) is 81.4 cm³/mol. The Hall–Kier alpha value is -1.85. The van der Waals surface area contributed by atoms with E-state index in [1.807, 2.05) is 0 Å². The van der Waals surface area contributed by atoms with Crippen molar-refractivity contribution in [3.8, 4) is 0 Å². The highest BCUT2D eigenvalue weighted by Gasteiger charge is 2.45. The van der Waals surface area contributed by atoms with E-state index in [9.17, 15) is 9.18 Å². The van der Waals surface area contributed by atoms with Crippen LogP contribution in [-0.4, -0.2) is 22.3 Å². The molecule has 1 aromatic heterocycles. The molecule has 0 bridgehead atoms. The number of rotatable bonds is 5. The van der Waals surface area contributed by atoms with Crippen LogP contribution in [0.15, 0.2) is 30.6 Å². The van der Waals surface area contributed by atoms with E-state index in [1.165, 1.54) is 18.5 Å². The predicted octanol–water partition coefficient (Wildman–Crippen LogP) is 2.68. The molecule has 0 unspecified atom stereocenters. The molecule has 1 aliphatic carbocycles. The molecule has 4 nitrogen and oxygen atoms in total. The van der Waals surface area contributed by atoms with Crippen molar-refractivity contribution in [2.45, 2.75) is 24.7 Å². The van der Waals surface area contributed by atoms with Crippen LogP contribution in [0.3, 0.4) is 0 Å². The minimum atomic E-state index is -0.415. The monoisotopic (exact) mass is 319 g/mol. The molecule has 0 amide bonds. The highest BCUT2D eigenvalue weighted by molar-refractivity contribution is 6.30. The van der Waals surface area contributed by atoms with Crippen molar-refractivity contribution in [3.63, 3.8) is 0 Å². The SMILES string of the molecule is NCC(=O)c1cnc(CC2(c3ccc(F)c(Cl)c3)CC2)nc1. The zero-order valence-corrected chi connectivity index (χ0v) is 12.6. The van der Waals surface area contributed by atoms with E-state index >= 15 is 0 Å². The van der Waals surface area contributed by atoms with Gasteiger partial charge in [-0.1, -0.05) is 17.7 Å². The lowest BCUT2D eigenvalue weighted by atomic mass is 9.92. The first-order valence-electron chi connectivity index (χ1n) is 7.04. The first kappa shape index (κ1) is 15.1. The second kappa shape index (κ2) is 5.74. The Morgan fingerprint density at radius 2 is 2.00 bits per heavy atom. The van der Waals surface area contributed by atoms with Gasteiger partial charge in [0.2, 0.25) is 0 Å². The fourth-order valence-corrected chi connectivity index (χ4v) is 2.74. The third kappa shape index (κ3) is 2.87. The Kier molecular flexibility index (Phi) is 3.93. The first-order valence-corrected chi connectivity index (χ1v) is 7.42. The molecule has 3 rings (SSSR count). The van der Waals surface area contributed by atoms with Crippen molar-refractivity contribution >= 4 is 17.4 Å². The van der Waals surface area contributed by atoms with E-state index in [-0.39, 0.29) is 22.8 Å². The third-order valence-electron chi connectivity index (χ3n) is 4.09. The van der Waals surface area contributed by atoms with Crippen LogP contribution < -0.4 is 5.73 Å².